The Kier molecular flexibility index (Phi) is 4.47. The standard InChI is InChI=1S/C17H23F2NO3/c1-17(2)15(21)14(20-8-4-3-5-9-20)12-10-11(22-16(18)19)6-7-13(12)23-17/h6-7,10,14-16,21H,3-5,8-9H2,1-2H3. The summed E-state index contributed by atoms with van der Waals surface area (Å²) in [5.74, 6) is 0.716. The van der Waals surface area contributed by atoms with Crippen LogP contribution in [0.2, 0.25) is 0 Å². The van der Waals surface area contributed by atoms with Crippen molar-refractivity contribution in [2.75, 3.05) is 13.1 Å². The molecule has 0 aliphatic carbocycles. The fraction of sp³-hybridized carbons (Fsp3) is 0.647. The Hall–Kier alpha value is -1.40. The molecule has 23 heavy (non-hydrogen) atoms. The highest BCUT2D eigenvalue weighted by atomic mass is 19.3. The third kappa shape index (κ3) is 3.28. The second-order valence-corrected chi connectivity index (χ2v) is 6.77. The minimum Gasteiger partial charge on any atom is -0.485 e. The maximum atomic E-state index is 12.5. The first-order valence-electron chi connectivity index (χ1n) is 8.08. The van der Waals surface area contributed by atoms with Crippen molar-refractivity contribution in [3.05, 3.63) is 23.8 Å². The summed E-state index contributed by atoms with van der Waals surface area (Å²) in [5.41, 5.74) is -0.0166. The zero-order chi connectivity index (χ0) is 16.6. The van der Waals surface area contributed by atoms with Gasteiger partial charge in [-0.1, -0.05) is 6.42 Å². The third-order valence-electron chi connectivity index (χ3n) is 4.69. The zero-order valence-electron chi connectivity index (χ0n) is 13.5. The van der Waals surface area contributed by atoms with E-state index in [0.29, 0.717) is 5.75 Å². The Morgan fingerprint density at radius 2 is 1.96 bits per heavy atom. The lowest BCUT2D eigenvalue weighted by molar-refractivity contribution is -0.0966. The second-order valence-electron chi connectivity index (χ2n) is 6.77. The summed E-state index contributed by atoms with van der Waals surface area (Å²) < 4.78 is 35.4. The molecule has 0 spiro atoms. The molecule has 3 rings (SSSR count). The average Bonchev–Trinajstić information content (AvgIpc) is 2.49. The van der Waals surface area contributed by atoms with Crippen LogP contribution in [0.25, 0.3) is 0 Å². The fourth-order valence-corrected chi connectivity index (χ4v) is 3.51. The Balaban J connectivity index is 1.99. The number of halogens is 2. The number of alkyl halides is 2. The van der Waals surface area contributed by atoms with Gasteiger partial charge in [0.05, 0.1) is 6.04 Å². The van der Waals surface area contributed by atoms with E-state index in [-0.39, 0.29) is 11.8 Å². The molecular formula is C17H23F2NO3. The first kappa shape index (κ1) is 16.5. The van der Waals surface area contributed by atoms with Gasteiger partial charge >= 0.3 is 6.61 Å². The molecule has 1 saturated heterocycles. The van der Waals surface area contributed by atoms with Gasteiger partial charge in [-0.05, 0) is 58.0 Å². The van der Waals surface area contributed by atoms with Crippen LogP contribution < -0.4 is 9.47 Å². The lowest BCUT2D eigenvalue weighted by Gasteiger charge is -2.47. The van der Waals surface area contributed by atoms with Crippen molar-refractivity contribution in [2.24, 2.45) is 0 Å². The largest absolute Gasteiger partial charge is 0.485 e. The molecule has 1 aromatic carbocycles. The molecule has 1 N–H and O–H groups in total. The highest BCUT2D eigenvalue weighted by Gasteiger charge is 2.45. The van der Waals surface area contributed by atoms with E-state index in [9.17, 15) is 13.9 Å². The van der Waals surface area contributed by atoms with Crippen LogP contribution in [0, 0.1) is 0 Å². The number of hydrogen-bond donors (Lipinski definition) is 1. The van der Waals surface area contributed by atoms with Crippen molar-refractivity contribution >= 4 is 0 Å². The number of piperidine rings is 1. The average molecular weight is 327 g/mol. The summed E-state index contributed by atoms with van der Waals surface area (Å²) in [7, 11) is 0. The number of rotatable bonds is 3. The summed E-state index contributed by atoms with van der Waals surface area (Å²) in [6.07, 6.45) is 2.59. The number of aliphatic hydroxyl groups is 1. The van der Waals surface area contributed by atoms with Gasteiger partial charge in [-0.15, -0.1) is 0 Å². The van der Waals surface area contributed by atoms with Crippen molar-refractivity contribution in [3.8, 4) is 11.5 Å². The molecule has 2 atom stereocenters. The lowest BCUT2D eigenvalue weighted by Crippen LogP contribution is -2.54. The van der Waals surface area contributed by atoms with Crippen LogP contribution in [0.1, 0.15) is 44.7 Å². The molecule has 0 amide bonds. The maximum absolute atomic E-state index is 12.5. The number of fused-ring (bicyclic) bond motifs is 1. The topological polar surface area (TPSA) is 41.9 Å². The van der Waals surface area contributed by atoms with E-state index in [4.69, 9.17) is 4.74 Å². The molecule has 0 bridgehead atoms. The number of aliphatic hydroxyl groups excluding tert-OH is 1. The van der Waals surface area contributed by atoms with E-state index < -0.39 is 18.3 Å². The van der Waals surface area contributed by atoms with Crippen molar-refractivity contribution in [1.82, 2.24) is 4.90 Å². The van der Waals surface area contributed by atoms with Gasteiger partial charge in [0, 0.05) is 5.56 Å². The van der Waals surface area contributed by atoms with Crippen molar-refractivity contribution < 1.29 is 23.4 Å². The minimum atomic E-state index is -2.87. The van der Waals surface area contributed by atoms with Crippen LogP contribution in [0.4, 0.5) is 8.78 Å². The molecule has 6 heteroatoms. The highest BCUT2D eigenvalue weighted by Crippen LogP contribution is 2.45. The van der Waals surface area contributed by atoms with Crippen LogP contribution in [0.15, 0.2) is 18.2 Å². The van der Waals surface area contributed by atoms with Gasteiger partial charge in [0.1, 0.15) is 23.2 Å². The number of likely N-dealkylation sites (tertiary alicyclic amines) is 1. The molecule has 2 aliphatic heterocycles. The van der Waals surface area contributed by atoms with Gasteiger partial charge in [0.25, 0.3) is 0 Å². The van der Waals surface area contributed by atoms with Crippen molar-refractivity contribution in [2.45, 2.75) is 57.5 Å². The van der Waals surface area contributed by atoms with Crippen molar-refractivity contribution in [3.63, 3.8) is 0 Å². The van der Waals surface area contributed by atoms with E-state index in [1.165, 1.54) is 12.5 Å². The normalized spacial score (nSPS) is 27.4. The molecule has 4 nitrogen and oxygen atoms in total. The molecule has 128 valence electrons. The summed E-state index contributed by atoms with van der Waals surface area (Å²) in [6, 6.07) is 4.43. The van der Waals surface area contributed by atoms with E-state index in [1.54, 1.807) is 12.1 Å². The predicted octanol–water partition coefficient (Wildman–Crippen LogP) is 3.35. The Morgan fingerprint density at radius 1 is 1.26 bits per heavy atom. The lowest BCUT2D eigenvalue weighted by atomic mass is 9.84. The number of nitrogens with zero attached hydrogens (tertiary/aromatic N) is 1. The zero-order valence-corrected chi connectivity index (χ0v) is 13.5. The van der Waals surface area contributed by atoms with Gasteiger partial charge in [-0.3, -0.25) is 4.90 Å². The second kappa shape index (κ2) is 6.24. The number of hydrogen-bond acceptors (Lipinski definition) is 4. The fourth-order valence-electron chi connectivity index (χ4n) is 3.51. The van der Waals surface area contributed by atoms with Gasteiger partial charge < -0.3 is 14.6 Å². The summed E-state index contributed by atoms with van der Waals surface area (Å²) in [4.78, 5) is 2.23. The predicted molar refractivity (Wildman–Crippen MR) is 82.0 cm³/mol. The van der Waals surface area contributed by atoms with Crippen molar-refractivity contribution in [1.29, 1.82) is 0 Å². The molecule has 2 heterocycles. The van der Waals surface area contributed by atoms with Crippen LogP contribution in [0.3, 0.4) is 0 Å². The van der Waals surface area contributed by atoms with Gasteiger partial charge in [-0.25, -0.2) is 0 Å². The van der Waals surface area contributed by atoms with E-state index in [0.717, 1.165) is 31.5 Å². The Bertz CT molecular complexity index is 559. The van der Waals surface area contributed by atoms with Crippen LogP contribution >= 0.6 is 0 Å². The quantitative estimate of drug-likeness (QED) is 0.924. The van der Waals surface area contributed by atoms with E-state index in [2.05, 4.69) is 9.64 Å². The van der Waals surface area contributed by atoms with E-state index >= 15 is 0 Å². The van der Waals surface area contributed by atoms with Gasteiger partial charge in [-0.2, -0.15) is 8.78 Å². The van der Waals surface area contributed by atoms with Crippen LogP contribution in [0.5, 0.6) is 11.5 Å². The molecule has 2 aliphatic rings. The SMILES string of the molecule is CC1(C)Oc2ccc(OC(F)F)cc2C(N2CCCCC2)C1O. The third-order valence-corrected chi connectivity index (χ3v) is 4.69. The Morgan fingerprint density at radius 3 is 2.61 bits per heavy atom. The highest BCUT2D eigenvalue weighted by molar-refractivity contribution is 5.45. The first-order chi connectivity index (χ1) is 10.9. The molecular weight excluding hydrogens is 304 g/mol. The minimum absolute atomic E-state index is 0.0938. The molecule has 0 saturated carbocycles. The monoisotopic (exact) mass is 327 g/mol. The molecule has 0 radical (unpaired) electrons. The Labute approximate surface area is 135 Å². The summed E-state index contributed by atoms with van der Waals surface area (Å²) in [5, 5.41) is 10.8. The number of ether oxygens (including phenoxy) is 2. The molecule has 0 aromatic heterocycles. The van der Waals surface area contributed by atoms with Gasteiger partial charge in [0.15, 0.2) is 0 Å². The van der Waals surface area contributed by atoms with E-state index in [1.807, 2.05) is 13.8 Å². The molecule has 1 fully saturated rings. The number of benzene rings is 1. The van der Waals surface area contributed by atoms with Gasteiger partial charge in [0.2, 0.25) is 0 Å². The molecule has 2 unspecified atom stereocenters. The summed E-state index contributed by atoms with van der Waals surface area (Å²) in [6.45, 7) is 2.60. The smallest absolute Gasteiger partial charge is 0.387 e. The first-order valence-corrected chi connectivity index (χ1v) is 8.08. The van der Waals surface area contributed by atoms with Crippen LogP contribution in [-0.4, -0.2) is 41.4 Å². The summed E-state index contributed by atoms with van der Waals surface area (Å²) >= 11 is 0. The molecule has 1 aromatic rings. The van der Waals surface area contributed by atoms with Crippen LogP contribution in [-0.2, 0) is 0 Å². The maximum Gasteiger partial charge on any atom is 0.387 e.